The minimum absolute atomic E-state index is 0.0641. The first-order chi connectivity index (χ1) is 24.9. The molecule has 1 atom stereocenters. The minimum atomic E-state index is -0.758. The van der Waals surface area contributed by atoms with Crippen molar-refractivity contribution in [2.45, 2.75) is 252 Å². The quantitative estimate of drug-likeness (QED) is 0.0356. The molecule has 0 fully saturated rings. The number of hydrogen-bond donors (Lipinski definition) is 0. The van der Waals surface area contributed by atoms with Gasteiger partial charge in [0.25, 0.3) is 0 Å². The van der Waals surface area contributed by atoms with Gasteiger partial charge in [0.1, 0.15) is 13.2 Å². The zero-order valence-corrected chi connectivity index (χ0v) is 34.6. The fourth-order valence-corrected chi connectivity index (χ4v) is 6.63. The highest BCUT2D eigenvalue weighted by Crippen LogP contribution is 2.16. The van der Waals surface area contributed by atoms with Crippen molar-refractivity contribution in [2.24, 2.45) is 5.92 Å². The van der Waals surface area contributed by atoms with Crippen molar-refractivity contribution in [1.29, 1.82) is 0 Å². The molecule has 0 aromatic heterocycles. The van der Waals surface area contributed by atoms with E-state index in [9.17, 15) is 14.4 Å². The van der Waals surface area contributed by atoms with Crippen LogP contribution in [0.2, 0.25) is 0 Å². The van der Waals surface area contributed by atoms with Crippen molar-refractivity contribution in [2.75, 3.05) is 13.2 Å². The summed E-state index contributed by atoms with van der Waals surface area (Å²) in [6.45, 7) is 8.95. The molecule has 6 nitrogen and oxygen atoms in total. The lowest BCUT2D eigenvalue weighted by atomic mass is 10.0. The van der Waals surface area contributed by atoms with Crippen molar-refractivity contribution >= 4 is 17.9 Å². The van der Waals surface area contributed by atoms with E-state index in [4.69, 9.17) is 14.2 Å². The van der Waals surface area contributed by atoms with E-state index < -0.39 is 6.10 Å². The maximum Gasteiger partial charge on any atom is 0.306 e. The molecule has 0 unspecified atom stereocenters. The molecular formula is C45H86O6. The summed E-state index contributed by atoms with van der Waals surface area (Å²) in [5.41, 5.74) is 0. The highest BCUT2D eigenvalue weighted by molar-refractivity contribution is 5.71. The predicted molar refractivity (Wildman–Crippen MR) is 215 cm³/mol. The molecule has 6 heteroatoms. The number of unbranched alkanes of at least 4 members (excludes halogenated alkanes) is 27. The summed E-state index contributed by atoms with van der Waals surface area (Å²) in [4.78, 5) is 37.6. The van der Waals surface area contributed by atoms with E-state index in [1.165, 1.54) is 141 Å². The molecule has 0 N–H and O–H groups in total. The molecule has 0 aromatic carbocycles. The topological polar surface area (TPSA) is 78.9 Å². The molecule has 0 aliphatic heterocycles. The monoisotopic (exact) mass is 723 g/mol. The normalized spacial score (nSPS) is 11.9. The number of rotatable bonds is 40. The summed E-state index contributed by atoms with van der Waals surface area (Å²) in [5.74, 6) is -0.0491. The summed E-state index contributed by atoms with van der Waals surface area (Å²) in [6.07, 6.45) is 38.0. The van der Waals surface area contributed by atoms with Gasteiger partial charge in [0, 0.05) is 19.3 Å². The van der Waals surface area contributed by atoms with E-state index in [1.54, 1.807) is 0 Å². The molecule has 0 saturated carbocycles. The van der Waals surface area contributed by atoms with E-state index in [-0.39, 0.29) is 31.1 Å². The Kier molecular flexibility index (Phi) is 38.4. The van der Waals surface area contributed by atoms with Crippen LogP contribution in [0.15, 0.2) is 0 Å². The number of esters is 3. The molecular weight excluding hydrogens is 636 g/mol. The summed E-state index contributed by atoms with van der Waals surface area (Å²) in [5, 5.41) is 0. The fraction of sp³-hybridized carbons (Fsp3) is 0.933. The van der Waals surface area contributed by atoms with Crippen LogP contribution in [0.25, 0.3) is 0 Å². The van der Waals surface area contributed by atoms with Crippen LogP contribution in [-0.2, 0) is 28.6 Å². The summed E-state index contributed by atoms with van der Waals surface area (Å²) in [7, 11) is 0. The zero-order chi connectivity index (χ0) is 37.5. The van der Waals surface area contributed by atoms with Crippen molar-refractivity contribution in [3.63, 3.8) is 0 Å². The van der Waals surface area contributed by atoms with Crippen molar-refractivity contribution < 1.29 is 28.6 Å². The van der Waals surface area contributed by atoms with Gasteiger partial charge in [0.15, 0.2) is 6.10 Å². The van der Waals surface area contributed by atoms with Crippen LogP contribution in [0.1, 0.15) is 246 Å². The van der Waals surface area contributed by atoms with Gasteiger partial charge < -0.3 is 14.2 Å². The Hall–Kier alpha value is -1.59. The minimum Gasteiger partial charge on any atom is -0.462 e. The number of carbonyl (C=O) groups excluding carboxylic acids is 3. The van der Waals surface area contributed by atoms with Gasteiger partial charge in [-0.05, 0) is 25.2 Å². The highest BCUT2D eigenvalue weighted by atomic mass is 16.6. The van der Waals surface area contributed by atoms with Crippen LogP contribution in [-0.4, -0.2) is 37.2 Å². The van der Waals surface area contributed by atoms with Gasteiger partial charge in [-0.15, -0.1) is 0 Å². The number of ether oxygens (including phenoxy) is 3. The number of hydrogen-bond acceptors (Lipinski definition) is 6. The summed E-state index contributed by atoms with van der Waals surface area (Å²) < 4.78 is 16.7. The first-order valence-electron chi connectivity index (χ1n) is 22.4. The second kappa shape index (κ2) is 39.6. The molecule has 0 bridgehead atoms. The largest absolute Gasteiger partial charge is 0.462 e. The van der Waals surface area contributed by atoms with Gasteiger partial charge in [0.05, 0.1) is 0 Å². The average Bonchev–Trinajstić information content (AvgIpc) is 3.11. The first kappa shape index (κ1) is 49.4. The van der Waals surface area contributed by atoms with Crippen LogP contribution in [0.4, 0.5) is 0 Å². The predicted octanol–water partition coefficient (Wildman–Crippen LogP) is 13.9. The number of carbonyl (C=O) groups is 3. The van der Waals surface area contributed by atoms with Crippen LogP contribution in [0.5, 0.6) is 0 Å². The van der Waals surface area contributed by atoms with Gasteiger partial charge in [0.2, 0.25) is 0 Å². The van der Waals surface area contributed by atoms with Crippen molar-refractivity contribution in [3.8, 4) is 0 Å². The maximum atomic E-state index is 12.7. The molecule has 302 valence electrons. The van der Waals surface area contributed by atoms with Gasteiger partial charge in [-0.2, -0.15) is 0 Å². The third-order valence-electron chi connectivity index (χ3n) is 10.0. The lowest BCUT2D eigenvalue weighted by Crippen LogP contribution is -2.30. The maximum absolute atomic E-state index is 12.7. The second-order valence-corrected chi connectivity index (χ2v) is 15.8. The standard InChI is InChI=1S/C45H86O6/c1-5-7-9-11-13-15-17-21-26-30-34-38-45(48)51-42(39-49-43(46)36-32-28-24-20-16-14-12-10-8-6-2)40-50-44(47)37-33-29-25-22-18-19-23-27-31-35-41(3)4/h41-42H,5-40H2,1-4H3/t42-/m0/s1. The molecule has 0 radical (unpaired) electrons. The Morgan fingerprint density at radius 3 is 0.961 bits per heavy atom. The third-order valence-corrected chi connectivity index (χ3v) is 10.0. The third kappa shape index (κ3) is 39.5. The molecule has 0 amide bonds. The molecule has 0 saturated heterocycles. The lowest BCUT2D eigenvalue weighted by Gasteiger charge is -2.18. The zero-order valence-electron chi connectivity index (χ0n) is 34.6. The van der Waals surface area contributed by atoms with Crippen LogP contribution in [0, 0.1) is 5.92 Å². The Bertz CT molecular complexity index is 766. The Labute approximate surface area is 317 Å². The fourth-order valence-electron chi connectivity index (χ4n) is 6.63. The summed E-state index contributed by atoms with van der Waals surface area (Å²) >= 11 is 0. The van der Waals surface area contributed by atoms with Crippen molar-refractivity contribution in [1.82, 2.24) is 0 Å². The van der Waals surface area contributed by atoms with E-state index in [2.05, 4.69) is 27.7 Å². The van der Waals surface area contributed by atoms with E-state index in [0.717, 1.165) is 63.7 Å². The Morgan fingerprint density at radius 1 is 0.373 bits per heavy atom. The van der Waals surface area contributed by atoms with Crippen LogP contribution in [0.3, 0.4) is 0 Å². The second-order valence-electron chi connectivity index (χ2n) is 15.8. The van der Waals surface area contributed by atoms with E-state index in [1.807, 2.05) is 0 Å². The molecule has 0 aromatic rings. The van der Waals surface area contributed by atoms with E-state index in [0.29, 0.717) is 19.3 Å². The van der Waals surface area contributed by atoms with Gasteiger partial charge >= 0.3 is 17.9 Å². The van der Waals surface area contributed by atoms with Crippen LogP contribution < -0.4 is 0 Å². The average molecular weight is 723 g/mol. The molecule has 0 spiro atoms. The molecule has 0 aliphatic rings. The molecule has 0 heterocycles. The highest BCUT2D eigenvalue weighted by Gasteiger charge is 2.19. The Balaban J connectivity index is 4.33. The molecule has 51 heavy (non-hydrogen) atoms. The lowest BCUT2D eigenvalue weighted by molar-refractivity contribution is -0.167. The van der Waals surface area contributed by atoms with Crippen molar-refractivity contribution in [3.05, 3.63) is 0 Å². The molecule has 0 rings (SSSR count). The smallest absolute Gasteiger partial charge is 0.306 e. The first-order valence-corrected chi connectivity index (χ1v) is 22.4. The van der Waals surface area contributed by atoms with Gasteiger partial charge in [-0.1, -0.05) is 207 Å². The Morgan fingerprint density at radius 2 is 0.647 bits per heavy atom. The van der Waals surface area contributed by atoms with Gasteiger partial charge in [-0.25, -0.2) is 0 Å². The van der Waals surface area contributed by atoms with Gasteiger partial charge in [-0.3, -0.25) is 14.4 Å². The van der Waals surface area contributed by atoms with Crippen LogP contribution >= 0.6 is 0 Å². The molecule has 0 aliphatic carbocycles. The SMILES string of the molecule is CCCCCCCCCCCCCC(=O)O[C@@H](COC(=O)CCCCCCCCCCCC)COC(=O)CCCCCCCCCCCC(C)C. The summed E-state index contributed by atoms with van der Waals surface area (Å²) in [6, 6.07) is 0. The van der Waals surface area contributed by atoms with E-state index >= 15 is 0 Å².